The van der Waals surface area contributed by atoms with Gasteiger partial charge in [-0.15, -0.1) is 10.2 Å². The highest BCUT2D eigenvalue weighted by Gasteiger charge is 2.11. The van der Waals surface area contributed by atoms with Gasteiger partial charge in [0.05, 0.1) is 0 Å². The fraction of sp³-hybridized carbons (Fsp3) is 0.417. The lowest BCUT2D eigenvalue weighted by atomic mass is 10.3. The molecule has 4 nitrogen and oxygen atoms in total. The minimum atomic E-state index is 0.651. The van der Waals surface area contributed by atoms with Crippen LogP contribution in [0.25, 0.3) is 11.4 Å². The third kappa shape index (κ3) is 2.85. The number of hydrogen-bond acceptors (Lipinski definition) is 4. The summed E-state index contributed by atoms with van der Waals surface area (Å²) in [6, 6.07) is 3.90. The largest absolute Gasteiger partial charge is 0.305 e. The molecule has 0 amide bonds. The van der Waals surface area contributed by atoms with Crippen molar-refractivity contribution in [3.8, 4) is 11.4 Å². The molecule has 2 rings (SSSR count). The second kappa shape index (κ2) is 5.31. The lowest BCUT2D eigenvalue weighted by Crippen LogP contribution is -1.97. The average molecular weight is 248 g/mol. The molecule has 0 aliphatic heterocycles. The van der Waals surface area contributed by atoms with Crippen LogP contribution in [-0.2, 0) is 7.05 Å². The molecule has 2 heterocycles. The van der Waals surface area contributed by atoms with E-state index in [0.717, 1.165) is 22.3 Å². The number of aromatic nitrogens is 4. The molecule has 0 bridgehead atoms. The molecule has 0 fully saturated rings. The van der Waals surface area contributed by atoms with Crippen molar-refractivity contribution < 1.29 is 0 Å². The molecule has 0 unspecified atom stereocenters. The first-order valence-corrected chi connectivity index (χ1v) is 6.59. The van der Waals surface area contributed by atoms with Crippen LogP contribution >= 0.6 is 11.8 Å². The quantitative estimate of drug-likeness (QED) is 0.780. The van der Waals surface area contributed by atoms with E-state index in [1.54, 1.807) is 24.2 Å². The second-order valence-electron chi connectivity index (χ2n) is 4.31. The lowest BCUT2D eigenvalue weighted by molar-refractivity contribution is 0.739. The number of rotatable bonds is 4. The Bertz CT molecular complexity index is 479. The molecule has 0 atom stereocenters. The average Bonchev–Trinajstić information content (AvgIpc) is 2.69. The molecule has 90 valence electrons. The Hall–Kier alpha value is -1.36. The molecule has 2 aromatic heterocycles. The van der Waals surface area contributed by atoms with E-state index in [2.05, 4.69) is 29.0 Å². The molecule has 2 aromatic rings. The molecular formula is C12H16N4S. The highest BCUT2D eigenvalue weighted by atomic mass is 32.2. The van der Waals surface area contributed by atoms with Crippen LogP contribution in [0.2, 0.25) is 0 Å². The minimum absolute atomic E-state index is 0.651. The molecule has 0 saturated carbocycles. The Morgan fingerprint density at radius 1 is 1.35 bits per heavy atom. The van der Waals surface area contributed by atoms with Crippen molar-refractivity contribution in [3.05, 3.63) is 24.5 Å². The highest BCUT2D eigenvalue weighted by Crippen LogP contribution is 2.23. The lowest BCUT2D eigenvalue weighted by Gasteiger charge is -2.05. The molecule has 0 aliphatic rings. The van der Waals surface area contributed by atoms with Gasteiger partial charge in [0.25, 0.3) is 0 Å². The molecule has 0 saturated heterocycles. The van der Waals surface area contributed by atoms with Gasteiger partial charge in [0.2, 0.25) is 0 Å². The Balaban J connectivity index is 2.21. The zero-order chi connectivity index (χ0) is 12.3. The summed E-state index contributed by atoms with van der Waals surface area (Å²) < 4.78 is 2.02. The van der Waals surface area contributed by atoms with Crippen molar-refractivity contribution in [1.82, 2.24) is 19.7 Å². The summed E-state index contributed by atoms with van der Waals surface area (Å²) in [5.41, 5.74) is 0.999. The molecular weight excluding hydrogens is 232 g/mol. The maximum Gasteiger partial charge on any atom is 0.191 e. The fourth-order valence-electron chi connectivity index (χ4n) is 1.43. The number of hydrogen-bond donors (Lipinski definition) is 0. The summed E-state index contributed by atoms with van der Waals surface area (Å²) in [6.45, 7) is 4.40. The molecule has 0 radical (unpaired) electrons. The van der Waals surface area contributed by atoms with Gasteiger partial charge >= 0.3 is 0 Å². The maximum atomic E-state index is 4.22. The van der Waals surface area contributed by atoms with Crippen molar-refractivity contribution in [2.45, 2.75) is 19.0 Å². The maximum absolute atomic E-state index is 4.22. The topological polar surface area (TPSA) is 43.6 Å². The third-order valence-electron chi connectivity index (χ3n) is 2.30. The molecule has 0 N–H and O–H groups in total. The Morgan fingerprint density at radius 2 is 2.18 bits per heavy atom. The van der Waals surface area contributed by atoms with Crippen LogP contribution < -0.4 is 0 Å². The van der Waals surface area contributed by atoms with Gasteiger partial charge in [-0.05, 0) is 18.1 Å². The fourth-order valence-corrected chi connectivity index (χ4v) is 2.29. The van der Waals surface area contributed by atoms with Crippen LogP contribution in [0.15, 0.2) is 29.7 Å². The van der Waals surface area contributed by atoms with Crippen molar-refractivity contribution in [3.63, 3.8) is 0 Å². The highest BCUT2D eigenvalue weighted by molar-refractivity contribution is 7.99. The SMILES string of the molecule is CC(C)CSc1nnc(-c2cccnc2)n1C. The molecule has 17 heavy (non-hydrogen) atoms. The van der Waals surface area contributed by atoms with Crippen LogP contribution in [0, 0.1) is 5.92 Å². The van der Waals surface area contributed by atoms with Crippen LogP contribution in [0.1, 0.15) is 13.8 Å². The summed E-state index contributed by atoms with van der Waals surface area (Å²) in [7, 11) is 1.99. The molecule has 0 aliphatic carbocycles. The van der Waals surface area contributed by atoms with Crippen molar-refractivity contribution in [1.29, 1.82) is 0 Å². The zero-order valence-electron chi connectivity index (χ0n) is 10.3. The minimum Gasteiger partial charge on any atom is -0.305 e. The molecule has 0 aromatic carbocycles. The molecule has 5 heteroatoms. The van der Waals surface area contributed by atoms with Gasteiger partial charge in [0.1, 0.15) is 0 Å². The summed E-state index contributed by atoms with van der Waals surface area (Å²) in [5.74, 6) is 2.57. The Morgan fingerprint density at radius 3 is 2.82 bits per heavy atom. The van der Waals surface area contributed by atoms with E-state index in [1.165, 1.54) is 0 Å². The van der Waals surface area contributed by atoms with Crippen molar-refractivity contribution >= 4 is 11.8 Å². The van der Waals surface area contributed by atoms with E-state index in [1.807, 2.05) is 23.7 Å². The smallest absolute Gasteiger partial charge is 0.191 e. The van der Waals surface area contributed by atoms with Gasteiger partial charge in [0.15, 0.2) is 11.0 Å². The normalized spacial score (nSPS) is 11.1. The van der Waals surface area contributed by atoms with Crippen LogP contribution in [0.5, 0.6) is 0 Å². The summed E-state index contributed by atoms with van der Waals surface area (Å²) >= 11 is 1.74. The van der Waals surface area contributed by atoms with Gasteiger partial charge in [0, 0.05) is 30.8 Å². The van der Waals surface area contributed by atoms with Crippen molar-refractivity contribution in [2.75, 3.05) is 5.75 Å². The summed E-state index contributed by atoms with van der Waals surface area (Å²) in [5, 5.41) is 9.38. The first kappa shape index (κ1) is 12.1. The monoisotopic (exact) mass is 248 g/mol. The van der Waals surface area contributed by atoms with Crippen molar-refractivity contribution in [2.24, 2.45) is 13.0 Å². The van der Waals surface area contributed by atoms with Gasteiger partial charge in [-0.1, -0.05) is 25.6 Å². The number of pyridine rings is 1. The van der Waals surface area contributed by atoms with Gasteiger partial charge in [-0.3, -0.25) is 4.98 Å². The third-order valence-corrected chi connectivity index (χ3v) is 3.75. The van der Waals surface area contributed by atoms with E-state index in [-0.39, 0.29) is 0 Å². The number of nitrogens with zero attached hydrogens (tertiary/aromatic N) is 4. The van der Waals surface area contributed by atoms with Crippen LogP contribution in [0.4, 0.5) is 0 Å². The predicted octanol–water partition coefficient (Wildman–Crippen LogP) is 2.63. The van der Waals surface area contributed by atoms with Crippen LogP contribution in [-0.4, -0.2) is 25.5 Å². The Kier molecular flexibility index (Phi) is 3.78. The van der Waals surface area contributed by atoms with E-state index in [4.69, 9.17) is 0 Å². The first-order chi connectivity index (χ1) is 8.18. The van der Waals surface area contributed by atoms with E-state index >= 15 is 0 Å². The van der Waals surface area contributed by atoms with E-state index in [9.17, 15) is 0 Å². The summed E-state index contributed by atoms with van der Waals surface area (Å²) in [4.78, 5) is 4.10. The van der Waals surface area contributed by atoms with Gasteiger partial charge < -0.3 is 4.57 Å². The van der Waals surface area contributed by atoms with Gasteiger partial charge in [-0.2, -0.15) is 0 Å². The second-order valence-corrected chi connectivity index (χ2v) is 5.30. The predicted molar refractivity (Wildman–Crippen MR) is 69.8 cm³/mol. The molecule has 0 spiro atoms. The van der Waals surface area contributed by atoms with Crippen LogP contribution in [0.3, 0.4) is 0 Å². The standard InChI is InChI=1S/C12H16N4S/c1-9(2)8-17-12-15-14-11(16(12)3)10-5-4-6-13-7-10/h4-7,9H,8H2,1-3H3. The van der Waals surface area contributed by atoms with Gasteiger partial charge in [-0.25, -0.2) is 0 Å². The summed E-state index contributed by atoms with van der Waals surface area (Å²) in [6.07, 6.45) is 3.56. The zero-order valence-corrected chi connectivity index (χ0v) is 11.1. The van der Waals surface area contributed by atoms with E-state index < -0.39 is 0 Å². The number of thioether (sulfide) groups is 1. The Labute approximate surface area is 105 Å². The first-order valence-electron chi connectivity index (χ1n) is 5.61. The van der Waals surface area contributed by atoms with E-state index in [0.29, 0.717) is 5.92 Å².